The number of esters is 1. The summed E-state index contributed by atoms with van der Waals surface area (Å²) in [6, 6.07) is 7.69. The molecule has 1 aliphatic heterocycles. The highest BCUT2D eigenvalue weighted by Gasteiger charge is 2.44. The zero-order valence-electron chi connectivity index (χ0n) is 26.2. The molecule has 1 heterocycles. The number of rotatable bonds is 8. The van der Waals surface area contributed by atoms with Crippen LogP contribution in [0.2, 0.25) is 0 Å². The first kappa shape index (κ1) is 34.0. The Morgan fingerprint density at radius 2 is 1.80 bits per heavy atom. The highest BCUT2D eigenvalue weighted by atomic mass is 19.2. The molecule has 12 heteroatoms. The average Bonchev–Trinajstić information content (AvgIpc) is 3.84. The first-order valence-corrected chi connectivity index (χ1v) is 15.4. The third kappa shape index (κ3) is 9.29. The minimum atomic E-state index is -1.01. The molecule has 1 unspecified atom stereocenters. The van der Waals surface area contributed by atoms with E-state index in [1.54, 1.807) is 19.1 Å². The van der Waals surface area contributed by atoms with E-state index in [0.717, 1.165) is 24.5 Å². The van der Waals surface area contributed by atoms with E-state index in [1.807, 2.05) is 11.0 Å². The van der Waals surface area contributed by atoms with Gasteiger partial charge in [0.2, 0.25) is 5.91 Å². The summed E-state index contributed by atoms with van der Waals surface area (Å²) in [4.78, 5) is 41.2. The molecule has 2 aromatic rings. The summed E-state index contributed by atoms with van der Waals surface area (Å²) in [7, 11) is 2.88. The van der Waals surface area contributed by atoms with Crippen LogP contribution in [0.3, 0.4) is 0 Å². The summed E-state index contributed by atoms with van der Waals surface area (Å²) in [6.45, 7) is 2.62. The van der Waals surface area contributed by atoms with Crippen LogP contribution in [-0.4, -0.2) is 76.3 Å². The molecule has 2 bridgehead atoms. The van der Waals surface area contributed by atoms with Gasteiger partial charge in [-0.1, -0.05) is 18.9 Å². The van der Waals surface area contributed by atoms with Crippen LogP contribution < -0.4 is 24.8 Å². The van der Waals surface area contributed by atoms with E-state index in [4.69, 9.17) is 18.9 Å². The standard InChI is InChI=1S/C33H43F2N3O7/c1-4-44-32(41)33(17-22-7-8-22)18-23-9-11-27(43-3)28(16-23)45-20-30(40)36-13-15-38(14-5-6-29(39)37-21-33)19-24-26(42-2)12-10-25(34)31(24)35/h9-12,16,22H,4-8,13-15,17-21H2,1-3H3,(H,36,40)(H,37,39). The Morgan fingerprint density at radius 1 is 1.04 bits per heavy atom. The molecule has 45 heavy (non-hydrogen) atoms. The number of amides is 2. The molecule has 1 aliphatic carbocycles. The van der Waals surface area contributed by atoms with Crippen LogP contribution in [0.5, 0.6) is 17.2 Å². The number of nitrogens with zero attached hydrogens (tertiary/aromatic N) is 1. The monoisotopic (exact) mass is 631 g/mol. The summed E-state index contributed by atoms with van der Waals surface area (Å²) < 4.78 is 51.0. The molecule has 1 saturated carbocycles. The van der Waals surface area contributed by atoms with Crippen LogP contribution in [0.15, 0.2) is 30.3 Å². The van der Waals surface area contributed by atoms with Gasteiger partial charge in [-0.15, -0.1) is 0 Å². The SMILES string of the molecule is CCOC(=O)C1(CC2CC2)CNC(=O)CCCN(Cc2c(OC)ccc(F)c2F)CCNC(=O)COc2cc(ccc2OC)C1. The number of hydrogen-bond acceptors (Lipinski definition) is 8. The first-order chi connectivity index (χ1) is 21.7. The Hall–Kier alpha value is -3.93. The number of carbonyl (C=O) groups is 3. The normalized spacial score (nSPS) is 20.6. The summed E-state index contributed by atoms with van der Waals surface area (Å²) >= 11 is 0. The maximum absolute atomic E-state index is 14.8. The quantitative estimate of drug-likeness (QED) is 0.423. The van der Waals surface area contributed by atoms with E-state index >= 15 is 0 Å². The van der Waals surface area contributed by atoms with Gasteiger partial charge in [0.15, 0.2) is 29.7 Å². The third-order valence-electron chi connectivity index (χ3n) is 8.22. The Bertz CT molecular complexity index is 1350. The van der Waals surface area contributed by atoms with Gasteiger partial charge in [-0.3, -0.25) is 19.3 Å². The number of fused-ring (bicyclic) bond motifs is 2. The lowest BCUT2D eigenvalue weighted by molar-refractivity contribution is -0.156. The van der Waals surface area contributed by atoms with Gasteiger partial charge < -0.3 is 29.6 Å². The van der Waals surface area contributed by atoms with Crippen LogP contribution in [0, 0.1) is 23.0 Å². The fourth-order valence-electron chi connectivity index (χ4n) is 5.70. The Labute approximate surface area is 262 Å². The minimum Gasteiger partial charge on any atom is -0.496 e. The number of carbonyl (C=O) groups excluding carboxylic acids is 3. The van der Waals surface area contributed by atoms with E-state index in [0.29, 0.717) is 49.8 Å². The molecule has 0 saturated heterocycles. The van der Waals surface area contributed by atoms with Gasteiger partial charge >= 0.3 is 5.97 Å². The smallest absolute Gasteiger partial charge is 0.314 e. The second-order valence-electron chi connectivity index (χ2n) is 11.6. The molecule has 1 atom stereocenters. The Morgan fingerprint density at radius 3 is 2.51 bits per heavy atom. The number of ether oxygens (including phenoxy) is 4. The van der Waals surface area contributed by atoms with E-state index in [2.05, 4.69) is 10.6 Å². The van der Waals surface area contributed by atoms with Gasteiger partial charge in [0, 0.05) is 38.2 Å². The van der Waals surface area contributed by atoms with E-state index in [9.17, 15) is 23.2 Å². The van der Waals surface area contributed by atoms with E-state index in [1.165, 1.54) is 20.3 Å². The second kappa shape index (κ2) is 15.9. The zero-order valence-corrected chi connectivity index (χ0v) is 26.2. The highest BCUT2D eigenvalue weighted by molar-refractivity contribution is 5.81. The van der Waals surface area contributed by atoms with Crippen molar-refractivity contribution in [2.24, 2.45) is 11.3 Å². The van der Waals surface area contributed by atoms with Crippen molar-refractivity contribution in [3.63, 3.8) is 0 Å². The lowest BCUT2D eigenvalue weighted by atomic mass is 9.76. The zero-order chi connectivity index (χ0) is 32.4. The largest absolute Gasteiger partial charge is 0.496 e. The molecule has 0 spiro atoms. The van der Waals surface area contributed by atoms with Gasteiger partial charge in [-0.05, 0) is 68.5 Å². The fourth-order valence-corrected chi connectivity index (χ4v) is 5.70. The third-order valence-corrected chi connectivity index (χ3v) is 8.22. The fraction of sp³-hybridized carbons (Fsp3) is 0.545. The number of nitrogens with one attached hydrogen (secondary N) is 2. The van der Waals surface area contributed by atoms with Crippen molar-refractivity contribution in [2.45, 2.75) is 52.0 Å². The van der Waals surface area contributed by atoms with Crippen molar-refractivity contribution in [1.82, 2.24) is 15.5 Å². The van der Waals surface area contributed by atoms with Gasteiger partial charge in [0.1, 0.15) is 5.75 Å². The van der Waals surface area contributed by atoms with Crippen molar-refractivity contribution in [1.29, 1.82) is 0 Å². The molecule has 246 valence electrons. The highest BCUT2D eigenvalue weighted by Crippen LogP contribution is 2.43. The van der Waals surface area contributed by atoms with Crippen LogP contribution >= 0.6 is 0 Å². The first-order valence-electron chi connectivity index (χ1n) is 15.4. The molecule has 0 radical (unpaired) electrons. The number of benzene rings is 2. The Balaban J connectivity index is 1.60. The maximum atomic E-state index is 14.8. The molecule has 4 rings (SSSR count). The summed E-state index contributed by atoms with van der Waals surface area (Å²) in [5, 5.41) is 5.78. The molecule has 1 fully saturated rings. The summed E-state index contributed by atoms with van der Waals surface area (Å²) in [5.41, 5.74) is -0.171. The van der Waals surface area contributed by atoms with Crippen molar-refractivity contribution >= 4 is 17.8 Å². The summed E-state index contributed by atoms with van der Waals surface area (Å²) in [6.07, 6.45) is 3.42. The van der Waals surface area contributed by atoms with Crippen molar-refractivity contribution in [2.75, 3.05) is 53.6 Å². The number of hydrogen-bond donors (Lipinski definition) is 2. The van der Waals surface area contributed by atoms with E-state index < -0.39 is 17.0 Å². The number of methoxy groups -OCH3 is 2. The molecule has 2 amide bonds. The molecule has 10 nitrogen and oxygen atoms in total. The van der Waals surface area contributed by atoms with Crippen molar-refractivity contribution in [3.8, 4) is 17.2 Å². The lowest BCUT2D eigenvalue weighted by Gasteiger charge is -2.32. The topological polar surface area (TPSA) is 115 Å². The molecular formula is C33H43F2N3O7. The van der Waals surface area contributed by atoms with Gasteiger partial charge in [0.25, 0.3) is 5.91 Å². The van der Waals surface area contributed by atoms with Gasteiger partial charge in [-0.2, -0.15) is 0 Å². The van der Waals surface area contributed by atoms with Gasteiger partial charge in [-0.25, -0.2) is 8.78 Å². The maximum Gasteiger partial charge on any atom is 0.314 e. The van der Waals surface area contributed by atoms with Crippen molar-refractivity contribution in [3.05, 3.63) is 53.1 Å². The van der Waals surface area contributed by atoms with Crippen LogP contribution in [0.1, 0.15) is 50.2 Å². The van der Waals surface area contributed by atoms with Crippen LogP contribution in [0.25, 0.3) is 0 Å². The molecule has 0 aromatic heterocycles. The molecule has 2 aliphatic rings. The molecule has 2 aromatic carbocycles. The predicted molar refractivity (Wildman–Crippen MR) is 162 cm³/mol. The van der Waals surface area contributed by atoms with E-state index in [-0.39, 0.29) is 68.4 Å². The minimum absolute atomic E-state index is 0.00188. The summed E-state index contributed by atoms with van der Waals surface area (Å²) in [5.74, 6) is -1.67. The van der Waals surface area contributed by atoms with Gasteiger partial charge in [0.05, 0.1) is 26.2 Å². The average molecular weight is 632 g/mol. The van der Waals surface area contributed by atoms with Crippen molar-refractivity contribution < 1.29 is 42.1 Å². The second-order valence-corrected chi connectivity index (χ2v) is 11.6. The predicted octanol–water partition coefficient (Wildman–Crippen LogP) is 3.78. The lowest BCUT2D eigenvalue weighted by Crippen LogP contribution is -2.46. The number of halogens is 2. The Kier molecular flexibility index (Phi) is 12.0. The molecular weight excluding hydrogens is 588 g/mol. The van der Waals surface area contributed by atoms with Crippen LogP contribution in [-0.2, 0) is 32.1 Å². The molecule has 2 N–H and O–H groups in total. The van der Waals surface area contributed by atoms with Crippen LogP contribution in [0.4, 0.5) is 8.78 Å².